The van der Waals surface area contributed by atoms with Gasteiger partial charge in [0.1, 0.15) is 5.82 Å². The normalized spacial score (nSPS) is 12.3. The molecule has 1 saturated heterocycles. The number of hydrogen-bond acceptors (Lipinski definition) is 3. The Morgan fingerprint density at radius 2 is 1.59 bits per heavy atom. The summed E-state index contributed by atoms with van der Waals surface area (Å²) in [5, 5.41) is 3.38. The minimum Gasteiger partial charge on any atom is -0.356 e. The number of likely N-dealkylation sites (tertiary alicyclic amines) is 1. The highest BCUT2D eigenvalue weighted by molar-refractivity contribution is 5.81. The second kappa shape index (κ2) is 20.8. The third-order valence-electron chi connectivity index (χ3n) is 6.84. The van der Waals surface area contributed by atoms with Crippen LogP contribution in [0.25, 0.3) is 16.7 Å². The second-order valence-electron chi connectivity index (χ2n) is 9.87. The molecule has 2 heterocycles. The molecule has 0 unspecified atom stereocenters. The summed E-state index contributed by atoms with van der Waals surface area (Å²) in [5.74, 6) is -0.236. The summed E-state index contributed by atoms with van der Waals surface area (Å²) in [6.45, 7) is 32.1. The van der Waals surface area contributed by atoms with Crippen molar-refractivity contribution in [2.75, 3.05) is 13.1 Å². The van der Waals surface area contributed by atoms with Crippen molar-refractivity contribution in [3.63, 3.8) is 0 Å². The van der Waals surface area contributed by atoms with Crippen LogP contribution in [0.15, 0.2) is 116 Å². The van der Waals surface area contributed by atoms with Gasteiger partial charge in [0.05, 0.1) is 0 Å². The maximum atomic E-state index is 13.5. The summed E-state index contributed by atoms with van der Waals surface area (Å²) in [7, 11) is 0. The zero-order valence-corrected chi connectivity index (χ0v) is 28.4. The molecule has 0 saturated carbocycles. The molecule has 4 heteroatoms. The predicted octanol–water partition coefficient (Wildman–Crippen LogP) is 10.9. The van der Waals surface area contributed by atoms with Gasteiger partial charge in [-0.2, -0.15) is 0 Å². The van der Waals surface area contributed by atoms with E-state index >= 15 is 0 Å². The Kier molecular flexibility index (Phi) is 18.0. The highest BCUT2D eigenvalue weighted by Crippen LogP contribution is 2.29. The van der Waals surface area contributed by atoms with Crippen molar-refractivity contribution in [3.8, 4) is 11.1 Å². The van der Waals surface area contributed by atoms with E-state index in [1.807, 2.05) is 85.2 Å². The third-order valence-corrected chi connectivity index (χ3v) is 6.84. The standard InChI is InChI=1S/C34H36FN3.3C2H6/c1-6-33(14-11-24(2)17-28-9-7-10-32(35)19-28)37-27(5)26(4)34-20-30(13-12-25(34)3)31-18-29(21-36-22-31)23-38-15-8-16-38;3*1-2/h6-7,9-14,18-22,37H,2,4-5,8,15-17,23H2,1,3H3;3*1-2H3/b14-11-,33-6+;;;. The minimum absolute atomic E-state index is 0.236. The number of rotatable bonds is 11. The van der Waals surface area contributed by atoms with Crippen LogP contribution in [-0.4, -0.2) is 23.0 Å². The Bertz CT molecular complexity index is 1410. The average Bonchev–Trinajstić information content (AvgIpc) is 3.04. The Morgan fingerprint density at radius 3 is 2.20 bits per heavy atom. The molecule has 3 nitrogen and oxygen atoms in total. The molecule has 0 bridgehead atoms. The lowest BCUT2D eigenvalue weighted by Gasteiger charge is -2.30. The first-order chi connectivity index (χ1) is 21.3. The first-order valence-corrected chi connectivity index (χ1v) is 16.0. The number of halogens is 1. The van der Waals surface area contributed by atoms with Crippen LogP contribution in [0, 0.1) is 12.7 Å². The van der Waals surface area contributed by atoms with E-state index in [1.54, 1.807) is 6.07 Å². The SMILES string of the molecule is C=C(/C=C\C(=C/C)NC(=C)C(=C)c1cc(-c2cncc(CN3CCC3)c2)ccc1C)Cc1cccc(F)c1.CC.CC.CC. The van der Waals surface area contributed by atoms with E-state index in [-0.39, 0.29) is 5.82 Å². The summed E-state index contributed by atoms with van der Waals surface area (Å²) in [6, 6.07) is 15.3. The average molecular weight is 596 g/mol. The third kappa shape index (κ3) is 11.9. The lowest BCUT2D eigenvalue weighted by molar-refractivity contribution is 0.172. The molecule has 1 aliphatic heterocycles. The van der Waals surface area contributed by atoms with Crippen molar-refractivity contribution in [3.05, 3.63) is 144 Å². The topological polar surface area (TPSA) is 28.2 Å². The number of hydrogen-bond donors (Lipinski definition) is 1. The van der Waals surface area contributed by atoms with Crippen LogP contribution < -0.4 is 5.32 Å². The van der Waals surface area contributed by atoms with Crippen LogP contribution in [0.2, 0.25) is 0 Å². The Morgan fingerprint density at radius 1 is 0.886 bits per heavy atom. The molecule has 44 heavy (non-hydrogen) atoms. The summed E-state index contributed by atoms with van der Waals surface area (Å²) in [6.07, 6.45) is 11.6. The highest BCUT2D eigenvalue weighted by atomic mass is 19.1. The van der Waals surface area contributed by atoms with Gasteiger partial charge in [-0.1, -0.05) is 103 Å². The Labute approximate surface area is 267 Å². The first kappa shape index (κ1) is 38.0. The molecular weight excluding hydrogens is 541 g/mol. The maximum Gasteiger partial charge on any atom is 0.123 e. The van der Waals surface area contributed by atoms with Crippen LogP contribution in [0.5, 0.6) is 0 Å². The van der Waals surface area contributed by atoms with Crippen LogP contribution in [0.3, 0.4) is 0 Å². The summed E-state index contributed by atoms with van der Waals surface area (Å²) >= 11 is 0. The molecule has 3 aromatic rings. The van der Waals surface area contributed by atoms with Gasteiger partial charge in [-0.15, -0.1) is 0 Å². The van der Waals surface area contributed by atoms with E-state index in [1.165, 1.54) is 37.2 Å². The summed E-state index contributed by atoms with van der Waals surface area (Å²) < 4.78 is 13.5. The molecule has 236 valence electrons. The van der Waals surface area contributed by atoms with E-state index in [2.05, 4.69) is 66.1 Å². The zero-order chi connectivity index (χ0) is 33.1. The molecule has 0 atom stereocenters. The number of nitrogens with zero attached hydrogens (tertiary/aromatic N) is 2. The van der Waals surface area contributed by atoms with Crippen molar-refractivity contribution in [2.24, 2.45) is 0 Å². The van der Waals surface area contributed by atoms with Crippen molar-refractivity contribution in [1.82, 2.24) is 15.2 Å². The monoisotopic (exact) mass is 595 g/mol. The fourth-order valence-electron chi connectivity index (χ4n) is 4.45. The van der Waals surface area contributed by atoms with E-state index in [4.69, 9.17) is 0 Å². The van der Waals surface area contributed by atoms with Crippen LogP contribution in [0.1, 0.15) is 77.1 Å². The van der Waals surface area contributed by atoms with Crippen molar-refractivity contribution in [1.29, 1.82) is 0 Å². The smallest absolute Gasteiger partial charge is 0.123 e. The molecule has 0 aliphatic carbocycles. The highest BCUT2D eigenvalue weighted by Gasteiger charge is 2.15. The number of pyridine rings is 1. The van der Waals surface area contributed by atoms with E-state index in [0.717, 1.165) is 56.9 Å². The molecule has 1 aromatic heterocycles. The second-order valence-corrected chi connectivity index (χ2v) is 9.87. The zero-order valence-electron chi connectivity index (χ0n) is 28.4. The number of aromatic nitrogens is 1. The molecule has 4 rings (SSSR count). The van der Waals surface area contributed by atoms with Crippen LogP contribution in [-0.2, 0) is 13.0 Å². The molecule has 1 N–H and O–H groups in total. The molecule has 1 fully saturated rings. The molecule has 1 aliphatic rings. The number of nitrogens with one attached hydrogen (secondary N) is 1. The molecule has 0 spiro atoms. The number of benzene rings is 2. The fraction of sp³-hybridized carbons (Fsp3) is 0.325. The summed E-state index contributed by atoms with van der Waals surface area (Å²) in [5.41, 5.74) is 9.84. The van der Waals surface area contributed by atoms with Gasteiger partial charge >= 0.3 is 0 Å². The van der Waals surface area contributed by atoms with E-state index in [0.29, 0.717) is 6.42 Å². The van der Waals surface area contributed by atoms with Crippen LogP contribution in [0.4, 0.5) is 4.39 Å². The Hall–Kier alpha value is -4.02. The first-order valence-electron chi connectivity index (χ1n) is 16.0. The lowest BCUT2D eigenvalue weighted by atomic mass is 9.94. The van der Waals surface area contributed by atoms with Gasteiger partial charge in [0.2, 0.25) is 0 Å². The maximum absolute atomic E-state index is 13.5. The summed E-state index contributed by atoms with van der Waals surface area (Å²) in [4.78, 5) is 6.93. The van der Waals surface area contributed by atoms with Gasteiger partial charge in [0.15, 0.2) is 0 Å². The largest absolute Gasteiger partial charge is 0.356 e. The molecule has 2 aromatic carbocycles. The van der Waals surface area contributed by atoms with Gasteiger partial charge < -0.3 is 5.32 Å². The van der Waals surface area contributed by atoms with Gasteiger partial charge in [-0.05, 0) is 104 Å². The van der Waals surface area contributed by atoms with Crippen LogP contribution >= 0.6 is 0 Å². The van der Waals surface area contributed by atoms with Gasteiger partial charge in [0.25, 0.3) is 0 Å². The lowest BCUT2D eigenvalue weighted by Crippen LogP contribution is -2.36. The van der Waals surface area contributed by atoms with Gasteiger partial charge in [-0.3, -0.25) is 9.88 Å². The number of aryl methyl sites for hydroxylation is 1. The minimum atomic E-state index is -0.236. The van der Waals surface area contributed by atoms with E-state index < -0.39 is 0 Å². The fourth-order valence-corrected chi connectivity index (χ4v) is 4.45. The van der Waals surface area contributed by atoms with Crippen molar-refractivity contribution >= 4 is 5.57 Å². The van der Waals surface area contributed by atoms with Crippen molar-refractivity contribution in [2.45, 2.75) is 74.8 Å². The molecule has 0 radical (unpaired) electrons. The van der Waals surface area contributed by atoms with Gasteiger partial charge in [-0.25, -0.2) is 4.39 Å². The quantitative estimate of drug-likeness (QED) is 0.224. The predicted molar refractivity (Wildman–Crippen MR) is 192 cm³/mol. The molecular formula is C40H54FN3. The van der Waals surface area contributed by atoms with Crippen molar-refractivity contribution < 1.29 is 4.39 Å². The van der Waals surface area contributed by atoms with Gasteiger partial charge in [0, 0.05) is 35.9 Å². The number of allylic oxidation sites excluding steroid dienone is 5. The molecule has 0 amide bonds. The van der Waals surface area contributed by atoms with E-state index in [9.17, 15) is 4.39 Å². The Balaban J connectivity index is 0.00000152.